The Morgan fingerprint density at radius 2 is 1.84 bits per heavy atom. The van der Waals surface area contributed by atoms with Gasteiger partial charge < -0.3 is 19.4 Å². The Morgan fingerprint density at radius 1 is 1.02 bits per heavy atom. The molecule has 0 radical (unpaired) electrons. The van der Waals surface area contributed by atoms with Gasteiger partial charge in [-0.2, -0.15) is 0 Å². The van der Waals surface area contributed by atoms with Crippen LogP contribution in [0.5, 0.6) is 5.88 Å². The van der Waals surface area contributed by atoms with E-state index < -0.39 is 0 Å². The summed E-state index contributed by atoms with van der Waals surface area (Å²) in [6.07, 6.45) is 7.45. The van der Waals surface area contributed by atoms with Gasteiger partial charge in [0.1, 0.15) is 18.2 Å². The molecule has 0 spiro atoms. The molecule has 1 unspecified atom stereocenters. The van der Waals surface area contributed by atoms with Crippen molar-refractivity contribution in [1.29, 1.82) is 0 Å². The Morgan fingerprint density at radius 3 is 2.60 bits per heavy atom. The van der Waals surface area contributed by atoms with Gasteiger partial charge in [-0.3, -0.25) is 9.69 Å². The minimum absolute atomic E-state index is 0.0964. The van der Waals surface area contributed by atoms with Gasteiger partial charge in [0.05, 0.1) is 30.2 Å². The molecule has 236 valence electrons. The first-order valence-corrected chi connectivity index (χ1v) is 16.5. The molecule has 10 heteroatoms. The number of piperidine rings is 1. The fraction of sp³-hybridized carbons (Fsp3) is 0.457. The van der Waals surface area contributed by atoms with Crippen LogP contribution in [0.1, 0.15) is 67.9 Å². The third-order valence-corrected chi connectivity index (χ3v) is 9.74. The van der Waals surface area contributed by atoms with Crippen LogP contribution in [-0.4, -0.2) is 51.1 Å². The average molecular weight is 632 g/mol. The van der Waals surface area contributed by atoms with Crippen molar-refractivity contribution in [3.05, 3.63) is 82.5 Å². The zero-order chi connectivity index (χ0) is 30.8. The number of fused-ring (bicyclic) bond motifs is 1. The predicted octanol–water partition coefficient (Wildman–Crippen LogP) is 7.10. The molecule has 0 bridgehead atoms. The minimum Gasteiger partial charge on any atom is -0.473 e. The van der Waals surface area contributed by atoms with Crippen LogP contribution in [0.4, 0.5) is 10.1 Å². The van der Waals surface area contributed by atoms with Crippen molar-refractivity contribution < 1.29 is 18.7 Å². The van der Waals surface area contributed by atoms with Crippen LogP contribution >= 0.6 is 11.6 Å². The minimum atomic E-state index is -0.383. The van der Waals surface area contributed by atoms with Crippen LogP contribution in [0.15, 0.2) is 54.6 Å². The number of likely N-dealkylation sites (tertiary alicyclic amines) is 1. The lowest BCUT2D eigenvalue weighted by Crippen LogP contribution is -2.35. The van der Waals surface area contributed by atoms with E-state index in [-0.39, 0.29) is 30.4 Å². The second kappa shape index (κ2) is 13.4. The quantitative estimate of drug-likeness (QED) is 0.201. The number of carbonyl (C=O) groups is 1. The summed E-state index contributed by atoms with van der Waals surface area (Å²) in [5.41, 5.74) is 4.25. The Labute approximate surface area is 267 Å². The molecule has 1 aliphatic carbocycles. The predicted molar refractivity (Wildman–Crippen MR) is 172 cm³/mol. The number of pyridine rings is 1. The lowest BCUT2D eigenvalue weighted by Gasteiger charge is -2.32. The summed E-state index contributed by atoms with van der Waals surface area (Å²) in [7, 11) is 0. The van der Waals surface area contributed by atoms with E-state index in [9.17, 15) is 9.18 Å². The van der Waals surface area contributed by atoms with Crippen molar-refractivity contribution >= 4 is 34.2 Å². The number of halogens is 2. The number of amides is 1. The van der Waals surface area contributed by atoms with Crippen molar-refractivity contribution in [2.45, 2.75) is 76.7 Å². The fourth-order valence-corrected chi connectivity index (χ4v) is 6.92. The molecule has 4 aromatic rings. The fourth-order valence-electron chi connectivity index (χ4n) is 6.76. The maximum Gasteiger partial charge on any atom is 0.227 e. The zero-order valence-electron chi connectivity index (χ0n) is 25.4. The van der Waals surface area contributed by atoms with E-state index in [4.69, 9.17) is 31.0 Å². The van der Waals surface area contributed by atoms with E-state index in [1.165, 1.54) is 6.07 Å². The summed E-state index contributed by atoms with van der Waals surface area (Å²) >= 11 is 5.87. The van der Waals surface area contributed by atoms with Gasteiger partial charge in [-0.15, -0.1) is 0 Å². The van der Waals surface area contributed by atoms with E-state index >= 15 is 0 Å². The normalized spacial score (nSPS) is 19.6. The van der Waals surface area contributed by atoms with Crippen LogP contribution in [-0.2, 0) is 29.2 Å². The molecule has 45 heavy (non-hydrogen) atoms. The van der Waals surface area contributed by atoms with E-state index in [1.54, 1.807) is 12.1 Å². The summed E-state index contributed by atoms with van der Waals surface area (Å²) in [6, 6.07) is 16.5. The molecule has 2 aliphatic heterocycles. The first-order valence-electron chi connectivity index (χ1n) is 16.2. The maximum absolute atomic E-state index is 14.2. The Kier molecular flexibility index (Phi) is 9.01. The van der Waals surface area contributed by atoms with Gasteiger partial charge in [0, 0.05) is 46.5 Å². The van der Waals surface area contributed by atoms with E-state index in [2.05, 4.69) is 26.9 Å². The smallest absolute Gasteiger partial charge is 0.227 e. The van der Waals surface area contributed by atoms with Crippen LogP contribution in [0.2, 0.25) is 5.02 Å². The average Bonchev–Trinajstić information content (AvgIpc) is 3.67. The molecular formula is C35H39ClFN5O3. The lowest BCUT2D eigenvalue weighted by atomic mass is 9.93. The molecule has 1 amide bonds. The van der Waals surface area contributed by atoms with Gasteiger partial charge in [-0.05, 0) is 81.6 Å². The monoisotopic (exact) mass is 631 g/mol. The number of carbonyl (C=O) groups excluding carboxylic acids is 1. The van der Waals surface area contributed by atoms with Crippen molar-refractivity contribution in [3.63, 3.8) is 0 Å². The third kappa shape index (κ3) is 7.00. The molecular weight excluding hydrogens is 593 g/mol. The molecule has 1 saturated carbocycles. The number of rotatable bonds is 10. The van der Waals surface area contributed by atoms with Crippen LogP contribution in [0.3, 0.4) is 0 Å². The largest absolute Gasteiger partial charge is 0.473 e. The highest BCUT2D eigenvalue weighted by atomic mass is 35.5. The van der Waals surface area contributed by atoms with Crippen molar-refractivity contribution in [3.8, 4) is 5.88 Å². The summed E-state index contributed by atoms with van der Waals surface area (Å²) in [5.74, 6) is 1.71. The second-order valence-corrected chi connectivity index (χ2v) is 13.0. The Balaban J connectivity index is 0.999. The van der Waals surface area contributed by atoms with Gasteiger partial charge in [0.25, 0.3) is 0 Å². The molecule has 3 aliphatic rings. The van der Waals surface area contributed by atoms with Crippen LogP contribution < -0.4 is 10.1 Å². The molecule has 4 heterocycles. The molecule has 2 aromatic carbocycles. The number of hydrogen-bond donors (Lipinski definition) is 1. The third-order valence-electron chi connectivity index (χ3n) is 9.51. The number of hydrogen-bond acceptors (Lipinski definition) is 6. The summed E-state index contributed by atoms with van der Waals surface area (Å²) < 4.78 is 28.1. The van der Waals surface area contributed by atoms with Crippen LogP contribution in [0.25, 0.3) is 11.0 Å². The van der Waals surface area contributed by atoms with E-state index in [0.717, 1.165) is 106 Å². The number of imidazole rings is 1. The molecule has 1 atom stereocenters. The number of ether oxygens (including phenoxy) is 2. The highest BCUT2D eigenvalue weighted by Gasteiger charge is 2.27. The molecule has 7 rings (SSSR count). The summed E-state index contributed by atoms with van der Waals surface area (Å²) in [5, 5.41) is 3.50. The van der Waals surface area contributed by atoms with Crippen molar-refractivity contribution in [1.82, 2.24) is 19.4 Å². The number of nitrogens with one attached hydrogen (secondary N) is 1. The molecule has 3 fully saturated rings. The van der Waals surface area contributed by atoms with Gasteiger partial charge in [0.2, 0.25) is 11.8 Å². The summed E-state index contributed by atoms with van der Waals surface area (Å²) in [6.45, 7) is 4.31. The molecule has 8 nitrogen and oxygen atoms in total. The van der Waals surface area contributed by atoms with E-state index in [0.29, 0.717) is 22.4 Å². The van der Waals surface area contributed by atoms with Crippen molar-refractivity contribution in [2.75, 3.05) is 25.0 Å². The number of anilines is 1. The Bertz CT molecular complexity index is 1660. The van der Waals surface area contributed by atoms with Crippen molar-refractivity contribution in [2.24, 2.45) is 5.92 Å². The molecule has 1 N–H and O–H groups in total. The topological polar surface area (TPSA) is 81.5 Å². The van der Waals surface area contributed by atoms with Gasteiger partial charge in [-0.1, -0.05) is 36.6 Å². The first kappa shape index (κ1) is 30.1. The number of benzene rings is 2. The number of nitrogens with zero attached hydrogens (tertiary/aromatic N) is 4. The zero-order valence-corrected chi connectivity index (χ0v) is 26.1. The maximum atomic E-state index is 14.2. The highest BCUT2D eigenvalue weighted by Crippen LogP contribution is 2.31. The highest BCUT2D eigenvalue weighted by molar-refractivity contribution is 6.30. The number of aromatic nitrogens is 3. The molecule has 2 aromatic heterocycles. The second-order valence-electron chi connectivity index (χ2n) is 12.6. The standard InChI is InChI=1S/C35H39ClFN5O3/c36-26-9-8-25(29(37)18-26)22-45-34-7-3-6-30(40-34)23-12-15-41(16-13-23)21-33-39-31-19-27(38-35(43)24-4-1-2-5-24)10-11-32(31)42(33)20-28-14-17-44-28/h3,6-11,18-19,23-24,28H,1-2,4-5,12-17,20-22H2,(H,38,43). The van der Waals surface area contributed by atoms with Gasteiger partial charge in [0.15, 0.2) is 0 Å². The van der Waals surface area contributed by atoms with E-state index in [1.807, 2.05) is 24.3 Å². The van der Waals surface area contributed by atoms with Gasteiger partial charge >= 0.3 is 0 Å². The summed E-state index contributed by atoms with van der Waals surface area (Å²) in [4.78, 5) is 25.1. The SMILES string of the molecule is O=C(Nc1ccc2c(c1)nc(CN1CCC(c3cccc(OCc4ccc(Cl)cc4F)n3)CC1)n2CC1CCO1)C1CCCC1. The Hall–Kier alpha value is -3.53. The van der Waals surface area contributed by atoms with Gasteiger partial charge in [-0.25, -0.2) is 14.4 Å². The van der Waals surface area contributed by atoms with Crippen LogP contribution in [0, 0.1) is 11.7 Å². The molecule has 2 saturated heterocycles. The first-order chi connectivity index (χ1) is 22.0. The lowest BCUT2D eigenvalue weighted by molar-refractivity contribution is -0.119.